The summed E-state index contributed by atoms with van der Waals surface area (Å²) >= 11 is 0. The van der Waals surface area contributed by atoms with Crippen LogP contribution in [0.1, 0.15) is 12.0 Å². The second-order valence-electron chi connectivity index (χ2n) is 5.12. The van der Waals surface area contributed by atoms with Crippen molar-refractivity contribution >= 4 is 16.0 Å². The van der Waals surface area contributed by atoms with E-state index >= 15 is 0 Å². The van der Waals surface area contributed by atoms with E-state index in [-0.39, 0.29) is 11.5 Å². The van der Waals surface area contributed by atoms with E-state index < -0.39 is 34.1 Å². The maximum atomic E-state index is 12.3. The van der Waals surface area contributed by atoms with E-state index in [1.54, 1.807) is 12.1 Å². The Labute approximate surface area is 128 Å². The molecule has 8 heteroatoms. The van der Waals surface area contributed by atoms with Gasteiger partial charge in [0, 0.05) is 12.5 Å². The molecule has 3 atom stereocenters. The Morgan fingerprint density at radius 3 is 2.64 bits per heavy atom. The number of aryl methyl sites for hydroxylation is 1. The summed E-state index contributed by atoms with van der Waals surface area (Å²) in [5, 5.41) is 18.3. The minimum Gasteiger partial charge on any atom is -0.480 e. The van der Waals surface area contributed by atoms with Gasteiger partial charge in [0.05, 0.1) is 11.0 Å². The summed E-state index contributed by atoms with van der Waals surface area (Å²) in [5.41, 5.74) is 0.891. The number of benzene rings is 1. The van der Waals surface area contributed by atoms with Crippen molar-refractivity contribution in [3.63, 3.8) is 0 Å². The van der Waals surface area contributed by atoms with Gasteiger partial charge in [0.1, 0.15) is 12.1 Å². The standard InChI is InChI=1S/C14H16N2O5S/c1-9-2-4-10(5-3-9)22(19,20)16-13(14(17)18)11-6-7-21-12(11)8-15/h2-5,11-13,16H,6-7H2,1H3,(H,17,18)/t11-,12-,13?/m0/s1. The van der Waals surface area contributed by atoms with Crippen molar-refractivity contribution in [1.82, 2.24) is 4.72 Å². The van der Waals surface area contributed by atoms with Crippen LogP contribution in [0.15, 0.2) is 29.2 Å². The molecule has 1 fully saturated rings. The first-order chi connectivity index (χ1) is 10.3. The largest absolute Gasteiger partial charge is 0.480 e. The Balaban J connectivity index is 2.26. The zero-order valence-electron chi connectivity index (χ0n) is 11.9. The molecular formula is C14H16N2O5S. The average Bonchev–Trinajstić information content (AvgIpc) is 2.93. The Morgan fingerprint density at radius 1 is 1.45 bits per heavy atom. The lowest BCUT2D eigenvalue weighted by atomic mass is 9.94. The average molecular weight is 324 g/mol. The number of hydrogen-bond acceptors (Lipinski definition) is 5. The molecule has 1 aliphatic heterocycles. The van der Waals surface area contributed by atoms with Crippen LogP contribution in [0.2, 0.25) is 0 Å². The van der Waals surface area contributed by atoms with Gasteiger partial charge in [-0.1, -0.05) is 17.7 Å². The van der Waals surface area contributed by atoms with Gasteiger partial charge in [0.15, 0.2) is 0 Å². The molecule has 1 aromatic rings. The summed E-state index contributed by atoms with van der Waals surface area (Å²) in [4.78, 5) is 11.4. The van der Waals surface area contributed by atoms with Crippen LogP contribution >= 0.6 is 0 Å². The van der Waals surface area contributed by atoms with Crippen molar-refractivity contribution in [3.8, 4) is 6.07 Å². The number of rotatable bonds is 5. The normalized spacial score (nSPS) is 22.9. The molecule has 22 heavy (non-hydrogen) atoms. The lowest BCUT2D eigenvalue weighted by molar-refractivity contribution is -0.140. The number of ether oxygens (including phenoxy) is 1. The highest BCUT2D eigenvalue weighted by Gasteiger charge is 2.41. The van der Waals surface area contributed by atoms with E-state index in [2.05, 4.69) is 4.72 Å². The van der Waals surface area contributed by atoms with Gasteiger partial charge >= 0.3 is 5.97 Å². The van der Waals surface area contributed by atoms with Gasteiger partial charge in [-0.2, -0.15) is 9.98 Å². The highest BCUT2D eigenvalue weighted by molar-refractivity contribution is 7.89. The second kappa shape index (κ2) is 6.44. The maximum absolute atomic E-state index is 12.3. The fraction of sp³-hybridized carbons (Fsp3) is 0.429. The van der Waals surface area contributed by atoms with Gasteiger partial charge in [-0.25, -0.2) is 8.42 Å². The number of carbonyl (C=O) groups is 1. The number of aliphatic carboxylic acids is 1. The molecule has 2 N–H and O–H groups in total. The molecular weight excluding hydrogens is 308 g/mol. The minimum atomic E-state index is -3.99. The predicted molar refractivity (Wildman–Crippen MR) is 76.4 cm³/mol. The summed E-state index contributed by atoms with van der Waals surface area (Å²) in [6.07, 6.45) is -0.618. The molecule has 0 aromatic heterocycles. The molecule has 0 radical (unpaired) electrons. The predicted octanol–water partition coefficient (Wildman–Crippen LogP) is 0.655. The number of sulfonamides is 1. The van der Waals surface area contributed by atoms with Crippen LogP contribution in [0, 0.1) is 24.2 Å². The molecule has 7 nitrogen and oxygen atoms in total. The first-order valence-corrected chi connectivity index (χ1v) is 8.16. The number of nitrogens with zero attached hydrogens (tertiary/aromatic N) is 1. The molecule has 1 aliphatic rings. The SMILES string of the molecule is Cc1ccc(S(=O)(=O)NC(C(=O)O)[C@H]2CCO[C@H]2C#N)cc1. The number of nitrogens with one attached hydrogen (secondary N) is 1. The van der Waals surface area contributed by atoms with E-state index in [0.29, 0.717) is 6.42 Å². The van der Waals surface area contributed by atoms with E-state index in [0.717, 1.165) is 5.56 Å². The van der Waals surface area contributed by atoms with Gasteiger partial charge in [0.25, 0.3) is 0 Å². The third-order valence-electron chi connectivity index (χ3n) is 3.57. The Bertz CT molecular complexity index is 693. The van der Waals surface area contributed by atoms with Crippen molar-refractivity contribution in [2.45, 2.75) is 30.4 Å². The zero-order valence-corrected chi connectivity index (χ0v) is 12.7. The third-order valence-corrected chi connectivity index (χ3v) is 5.03. The molecule has 1 aromatic carbocycles. The third kappa shape index (κ3) is 3.44. The van der Waals surface area contributed by atoms with Crippen LogP contribution in [0.5, 0.6) is 0 Å². The molecule has 0 amide bonds. The fourth-order valence-electron chi connectivity index (χ4n) is 2.35. The molecule has 0 saturated carbocycles. The first kappa shape index (κ1) is 16.4. The molecule has 2 rings (SSSR count). The van der Waals surface area contributed by atoms with Gasteiger partial charge in [-0.15, -0.1) is 0 Å². The van der Waals surface area contributed by atoms with Gasteiger partial charge in [0.2, 0.25) is 10.0 Å². The number of carboxylic acid groups (broad SMARTS) is 1. The molecule has 1 unspecified atom stereocenters. The van der Waals surface area contributed by atoms with E-state index in [9.17, 15) is 18.3 Å². The van der Waals surface area contributed by atoms with Crippen molar-refractivity contribution in [2.24, 2.45) is 5.92 Å². The topological polar surface area (TPSA) is 116 Å². The lowest BCUT2D eigenvalue weighted by Gasteiger charge is -2.21. The van der Waals surface area contributed by atoms with E-state index in [1.807, 2.05) is 13.0 Å². The van der Waals surface area contributed by atoms with Crippen LogP contribution < -0.4 is 4.72 Å². The first-order valence-electron chi connectivity index (χ1n) is 6.68. The quantitative estimate of drug-likeness (QED) is 0.821. The van der Waals surface area contributed by atoms with Crippen molar-refractivity contribution in [2.75, 3.05) is 6.61 Å². The maximum Gasteiger partial charge on any atom is 0.322 e. The lowest BCUT2D eigenvalue weighted by Crippen LogP contribution is -2.48. The highest BCUT2D eigenvalue weighted by Crippen LogP contribution is 2.25. The van der Waals surface area contributed by atoms with Crippen LogP contribution in [-0.2, 0) is 19.6 Å². The van der Waals surface area contributed by atoms with E-state index in [1.165, 1.54) is 12.1 Å². The van der Waals surface area contributed by atoms with Crippen LogP contribution in [0.4, 0.5) is 0 Å². The Morgan fingerprint density at radius 2 is 2.09 bits per heavy atom. The second-order valence-corrected chi connectivity index (χ2v) is 6.84. The summed E-state index contributed by atoms with van der Waals surface area (Å²) in [6.45, 7) is 2.05. The summed E-state index contributed by atoms with van der Waals surface area (Å²) in [6, 6.07) is 6.52. The summed E-state index contributed by atoms with van der Waals surface area (Å²) < 4.78 is 31.9. The molecule has 0 aliphatic carbocycles. The number of hydrogen-bond donors (Lipinski definition) is 2. The van der Waals surface area contributed by atoms with Crippen molar-refractivity contribution in [3.05, 3.63) is 29.8 Å². The van der Waals surface area contributed by atoms with Crippen LogP contribution in [0.25, 0.3) is 0 Å². The highest BCUT2D eigenvalue weighted by atomic mass is 32.2. The van der Waals surface area contributed by atoms with E-state index in [4.69, 9.17) is 10.00 Å². The fourth-order valence-corrected chi connectivity index (χ4v) is 3.59. The van der Waals surface area contributed by atoms with Crippen LogP contribution in [0.3, 0.4) is 0 Å². The number of carboxylic acids is 1. The van der Waals surface area contributed by atoms with Crippen molar-refractivity contribution in [1.29, 1.82) is 5.26 Å². The molecule has 0 bridgehead atoms. The smallest absolute Gasteiger partial charge is 0.322 e. The molecule has 1 saturated heterocycles. The molecule has 118 valence electrons. The zero-order chi connectivity index (χ0) is 16.3. The Kier molecular flexibility index (Phi) is 4.81. The summed E-state index contributed by atoms with van der Waals surface area (Å²) in [7, 11) is -3.99. The Hall–Kier alpha value is -1.95. The van der Waals surface area contributed by atoms with Crippen LogP contribution in [-0.4, -0.2) is 38.2 Å². The monoisotopic (exact) mass is 324 g/mol. The van der Waals surface area contributed by atoms with Gasteiger partial charge in [-0.3, -0.25) is 4.79 Å². The summed E-state index contributed by atoms with van der Waals surface area (Å²) in [5.74, 6) is -2.05. The molecule has 0 spiro atoms. The van der Waals surface area contributed by atoms with Gasteiger partial charge < -0.3 is 9.84 Å². The molecule has 1 heterocycles. The van der Waals surface area contributed by atoms with Gasteiger partial charge in [-0.05, 0) is 25.5 Å². The van der Waals surface area contributed by atoms with Crippen molar-refractivity contribution < 1.29 is 23.1 Å². The minimum absolute atomic E-state index is 0.0169. The number of nitriles is 1.